The fourth-order valence-electron chi connectivity index (χ4n) is 4.27. The molecule has 0 N–H and O–H groups in total. The predicted octanol–water partition coefficient (Wildman–Crippen LogP) is 0.159. The Morgan fingerprint density at radius 1 is 1.20 bits per heavy atom. The molecule has 5 unspecified atom stereocenters. The molecule has 0 heterocycles. The van der Waals surface area contributed by atoms with Crippen LogP contribution in [0.1, 0.15) is 33.5 Å². The van der Waals surface area contributed by atoms with Crippen LogP contribution in [0, 0.1) is 23.7 Å². The zero-order valence-corrected chi connectivity index (χ0v) is 14.0. The second-order valence-corrected chi connectivity index (χ2v) is 6.16. The molecular formula is C11H17KOS2. The molecule has 0 radical (unpaired) electrons. The van der Waals surface area contributed by atoms with Crippen molar-refractivity contribution in [2.45, 2.75) is 38.2 Å². The van der Waals surface area contributed by atoms with E-state index >= 15 is 0 Å². The van der Waals surface area contributed by atoms with Gasteiger partial charge >= 0.3 is 51.4 Å². The van der Waals surface area contributed by atoms with Gasteiger partial charge in [-0.3, -0.25) is 0 Å². The summed E-state index contributed by atoms with van der Waals surface area (Å²) >= 11 is 8.98. The molecule has 2 bridgehead atoms. The molecule has 3 fully saturated rings. The average molecular weight is 268 g/mol. The molecule has 3 aliphatic carbocycles. The van der Waals surface area contributed by atoms with Crippen LogP contribution >= 0.6 is 24.8 Å². The van der Waals surface area contributed by atoms with Gasteiger partial charge in [-0.25, -0.2) is 0 Å². The van der Waals surface area contributed by atoms with Crippen LogP contribution in [-0.2, 0) is 4.74 Å². The van der Waals surface area contributed by atoms with Gasteiger partial charge in [0.15, 0.2) is 0 Å². The Labute approximate surface area is 146 Å². The molecule has 1 nitrogen and oxygen atoms in total. The molecule has 3 aliphatic rings. The van der Waals surface area contributed by atoms with Gasteiger partial charge < -0.3 is 6.16 Å². The first kappa shape index (κ1) is 13.3. The number of ether oxygens (including phenoxy) is 1. The molecule has 3 saturated carbocycles. The van der Waals surface area contributed by atoms with Gasteiger partial charge in [0.25, 0.3) is 0 Å². The van der Waals surface area contributed by atoms with Gasteiger partial charge in [-0.05, 0) is 61.6 Å². The minimum Gasteiger partial charge on any atom is -1.00 e. The topological polar surface area (TPSA) is 9.23 Å². The van der Waals surface area contributed by atoms with E-state index in [1.54, 1.807) is 0 Å². The minimum atomic E-state index is 0. The zero-order valence-electron chi connectivity index (χ0n) is 10.2. The molecule has 15 heavy (non-hydrogen) atoms. The van der Waals surface area contributed by atoms with E-state index in [9.17, 15) is 0 Å². The monoisotopic (exact) mass is 268 g/mol. The van der Waals surface area contributed by atoms with Gasteiger partial charge in [0.1, 0.15) is 6.10 Å². The quantitative estimate of drug-likeness (QED) is 0.412. The van der Waals surface area contributed by atoms with Crippen molar-refractivity contribution in [1.29, 1.82) is 0 Å². The molecule has 4 heteroatoms. The molecule has 0 aromatic rings. The Kier molecular flexibility index (Phi) is 4.66. The SMILES string of the molecule is S=C(S)OC1CC2CC1C1CCCC21.[H-].[K+]. The first-order chi connectivity index (χ1) is 6.75. The predicted molar refractivity (Wildman–Crippen MR) is 64.6 cm³/mol. The number of fused-ring (bicyclic) bond motifs is 5. The summed E-state index contributed by atoms with van der Waals surface area (Å²) in [5.41, 5.74) is 0. The van der Waals surface area contributed by atoms with Crippen molar-refractivity contribution >= 4 is 29.2 Å². The van der Waals surface area contributed by atoms with Gasteiger partial charge in [-0.15, -0.1) is 0 Å². The standard InChI is InChI=1S/C11H16OS2.K.H/c13-11(14)12-10-5-6-4-9(10)8-3-1-2-7(6)8;;/h6-10H,1-5H2,(H,13,14);;/q;+1;-1. The van der Waals surface area contributed by atoms with Crippen LogP contribution in [-0.4, -0.2) is 10.5 Å². The molecule has 5 atom stereocenters. The number of thiol groups is 1. The number of hydrogen-bond acceptors (Lipinski definition) is 2. The second kappa shape index (κ2) is 5.25. The van der Waals surface area contributed by atoms with E-state index in [1.807, 2.05) is 0 Å². The third-order valence-corrected chi connectivity index (χ3v) is 4.82. The third kappa shape index (κ3) is 2.38. The normalized spacial score (nSPS) is 46.1. The number of hydrogen-bond donors (Lipinski definition) is 1. The Hall–Kier alpha value is 1.88. The van der Waals surface area contributed by atoms with Crippen LogP contribution in [0.2, 0.25) is 0 Å². The van der Waals surface area contributed by atoms with Crippen molar-refractivity contribution in [3.63, 3.8) is 0 Å². The molecular weight excluding hydrogens is 251 g/mol. The van der Waals surface area contributed by atoms with Crippen molar-refractivity contribution in [2.75, 3.05) is 0 Å². The van der Waals surface area contributed by atoms with Crippen LogP contribution in [0.3, 0.4) is 0 Å². The molecule has 80 valence electrons. The number of thiocarbonyl (C=S) groups is 1. The van der Waals surface area contributed by atoms with E-state index < -0.39 is 0 Å². The van der Waals surface area contributed by atoms with Crippen LogP contribution in [0.25, 0.3) is 0 Å². The maximum atomic E-state index is 5.65. The molecule has 0 saturated heterocycles. The van der Waals surface area contributed by atoms with E-state index in [1.165, 1.54) is 32.1 Å². The van der Waals surface area contributed by atoms with Crippen molar-refractivity contribution in [1.82, 2.24) is 0 Å². The van der Waals surface area contributed by atoms with Crippen molar-refractivity contribution < 1.29 is 57.5 Å². The molecule has 3 rings (SSSR count). The molecule has 0 spiro atoms. The van der Waals surface area contributed by atoms with Crippen LogP contribution in [0.4, 0.5) is 0 Å². The summed E-state index contributed by atoms with van der Waals surface area (Å²) in [6.07, 6.45) is 7.41. The van der Waals surface area contributed by atoms with Gasteiger partial charge in [0, 0.05) is 0 Å². The van der Waals surface area contributed by atoms with Crippen molar-refractivity contribution in [2.24, 2.45) is 23.7 Å². The van der Waals surface area contributed by atoms with Crippen LogP contribution < -0.4 is 51.4 Å². The summed E-state index contributed by atoms with van der Waals surface area (Å²) in [5, 5.41) is 0. The Balaban J connectivity index is 0.000000640. The summed E-state index contributed by atoms with van der Waals surface area (Å²) < 4.78 is 6.09. The Morgan fingerprint density at radius 2 is 1.93 bits per heavy atom. The summed E-state index contributed by atoms with van der Waals surface area (Å²) in [5.74, 6) is 3.74. The molecule has 0 amide bonds. The summed E-state index contributed by atoms with van der Waals surface area (Å²) in [4.78, 5) is 0. The first-order valence-corrected chi connectivity index (χ1v) is 6.51. The van der Waals surface area contributed by atoms with E-state index in [2.05, 4.69) is 12.6 Å². The van der Waals surface area contributed by atoms with Gasteiger partial charge in [-0.1, -0.05) is 19.0 Å². The molecule has 0 aromatic carbocycles. The molecule has 0 aromatic heterocycles. The van der Waals surface area contributed by atoms with Gasteiger partial charge in [0.05, 0.1) is 0 Å². The summed E-state index contributed by atoms with van der Waals surface area (Å²) in [6, 6.07) is 0. The third-order valence-electron chi connectivity index (χ3n) is 4.62. The smallest absolute Gasteiger partial charge is 1.00 e. The number of rotatable bonds is 1. The summed E-state index contributed by atoms with van der Waals surface area (Å²) in [6.45, 7) is 0. The van der Waals surface area contributed by atoms with Gasteiger partial charge in [-0.2, -0.15) is 0 Å². The van der Waals surface area contributed by atoms with Gasteiger partial charge in [0.2, 0.25) is 4.38 Å². The molecule has 0 aliphatic heterocycles. The van der Waals surface area contributed by atoms with E-state index in [4.69, 9.17) is 17.0 Å². The average Bonchev–Trinajstić information content (AvgIpc) is 2.68. The first-order valence-electron chi connectivity index (χ1n) is 5.65. The Bertz CT molecular complexity index is 277. The fourth-order valence-corrected chi connectivity index (χ4v) is 4.53. The zero-order chi connectivity index (χ0) is 9.71. The Morgan fingerprint density at radius 3 is 2.67 bits per heavy atom. The van der Waals surface area contributed by atoms with Crippen molar-refractivity contribution in [3.05, 3.63) is 0 Å². The largest absolute Gasteiger partial charge is 1.00 e. The fraction of sp³-hybridized carbons (Fsp3) is 0.909. The van der Waals surface area contributed by atoms with Crippen molar-refractivity contribution in [3.8, 4) is 0 Å². The maximum Gasteiger partial charge on any atom is 1.00 e. The maximum absolute atomic E-state index is 5.65. The summed E-state index contributed by atoms with van der Waals surface area (Å²) in [7, 11) is 0. The second-order valence-electron chi connectivity index (χ2n) is 5.08. The van der Waals surface area contributed by atoms with E-state index in [-0.39, 0.29) is 52.8 Å². The van der Waals surface area contributed by atoms with E-state index in [0.29, 0.717) is 10.5 Å². The van der Waals surface area contributed by atoms with Crippen LogP contribution in [0.5, 0.6) is 0 Å². The minimum absolute atomic E-state index is 0. The van der Waals surface area contributed by atoms with E-state index in [0.717, 1.165) is 23.7 Å². The van der Waals surface area contributed by atoms with Crippen LogP contribution in [0.15, 0.2) is 0 Å².